The molecule has 2 amide bonds. The van der Waals surface area contributed by atoms with E-state index >= 15 is 0 Å². The second-order valence-electron chi connectivity index (χ2n) is 6.53. The van der Waals surface area contributed by atoms with E-state index in [4.69, 9.17) is 4.74 Å². The molecule has 1 aromatic carbocycles. The van der Waals surface area contributed by atoms with Crippen LogP contribution in [0.15, 0.2) is 30.3 Å². The Kier molecular flexibility index (Phi) is 13.0. The van der Waals surface area contributed by atoms with Crippen LogP contribution in [0.5, 0.6) is 0 Å². The fraction of sp³-hybridized carbons (Fsp3) is 0.474. The molecule has 0 spiro atoms. The summed E-state index contributed by atoms with van der Waals surface area (Å²) in [5.74, 6) is -1.54. The van der Waals surface area contributed by atoms with Gasteiger partial charge in [0.25, 0.3) is 0 Å². The Morgan fingerprint density at radius 1 is 1.10 bits per heavy atom. The molecule has 0 aliphatic rings. The number of carbonyl (C=O) groups is 4. The minimum atomic E-state index is -1.23. The maximum absolute atomic E-state index is 12.2. The molecule has 2 atom stereocenters. The molecule has 0 bridgehead atoms. The Morgan fingerprint density at radius 3 is 2.28 bits per heavy atom. The Morgan fingerprint density at radius 2 is 1.72 bits per heavy atom. The molecule has 1 rings (SSSR count). The Bertz CT molecular complexity index is 687. The Hall–Kier alpha value is -2.07. The third-order valence-corrected chi connectivity index (χ3v) is 4.62. The lowest BCUT2D eigenvalue weighted by molar-refractivity contribution is -0.142. The average molecular weight is 491 g/mol. The van der Waals surface area contributed by atoms with Crippen molar-refractivity contribution >= 4 is 34.6 Å². The number of rotatable bonds is 11. The lowest BCUT2D eigenvalue weighted by Crippen LogP contribution is -3.00. The summed E-state index contributed by atoms with van der Waals surface area (Å²) in [6.45, 7) is 1.47. The Labute approximate surface area is 183 Å². The van der Waals surface area contributed by atoms with Crippen molar-refractivity contribution in [1.82, 2.24) is 10.6 Å². The van der Waals surface area contributed by atoms with Crippen LogP contribution in [0.2, 0.25) is 0 Å². The summed E-state index contributed by atoms with van der Waals surface area (Å²) in [6, 6.07) is 6.86. The van der Waals surface area contributed by atoms with Crippen molar-refractivity contribution < 1.29 is 46.0 Å². The highest BCUT2D eigenvalue weighted by Crippen LogP contribution is 2.03. The molecule has 0 heterocycles. The van der Waals surface area contributed by atoms with Crippen molar-refractivity contribution in [3.05, 3.63) is 35.9 Å². The third kappa shape index (κ3) is 11.5. The minimum Gasteiger partial charge on any atom is -1.00 e. The number of aliphatic carboxylic acids is 1. The molecule has 0 saturated carbocycles. The van der Waals surface area contributed by atoms with E-state index in [2.05, 4.69) is 10.6 Å². The average Bonchev–Trinajstić information content (AvgIpc) is 2.63. The number of amides is 2. The molecule has 8 nitrogen and oxygen atoms in total. The quantitative estimate of drug-likeness (QED) is 0.311. The van der Waals surface area contributed by atoms with Crippen molar-refractivity contribution in [2.45, 2.75) is 38.5 Å². The smallest absolute Gasteiger partial charge is 0.408 e. The molecule has 162 valence electrons. The first-order chi connectivity index (χ1) is 13.2. The first kappa shape index (κ1) is 26.9. The van der Waals surface area contributed by atoms with E-state index in [1.807, 2.05) is 30.7 Å². The van der Waals surface area contributed by atoms with Gasteiger partial charge >= 0.3 is 12.1 Å². The van der Waals surface area contributed by atoms with Crippen LogP contribution in [0.1, 0.15) is 25.3 Å². The number of ether oxygens (including phenoxy) is 1. The summed E-state index contributed by atoms with van der Waals surface area (Å²) < 4.78 is 5.03. The van der Waals surface area contributed by atoms with E-state index in [0.717, 1.165) is 5.56 Å². The largest absolute Gasteiger partial charge is 1.00 e. The maximum Gasteiger partial charge on any atom is 0.408 e. The van der Waals surface area contributed by atoms with Crippen molar-refractivity contribution in [3.63, 3.8) is 0 Å². The van der Waals surface area contributed by atoms with Crippen LogP contribution >= 0.6 is 0 Å². The normalized spacial score (nSPS) is 12.3. The van der Waals surface area contributed by atoms with E-state index in [9.17, 15) is 24.3 Å². The number of hydrogen-bond donors (Lipinski definition) is 3. The number of carbonyl (C=O) groups excluding carboxylic acids is 3. The standard InChI is InChI=1S/C19H26N2O6S.BrH/c1-13(20-19(26)27-11-14-7-5-4-6-8-14)17(23)21-16(18(24)25)10-9-15(22)12-28(2)3;/h4-8,13,16H,9-12H2,1-3H3,(H2-,20,21,23,24,25,26);1H. The molecular weight excluding hydrogens is 464 g/mol. The first-order valence-corrected chi connectivity index (χ1v) is 11.0. The SMILES string of the molecule is CC(NC(=O)OCc1ccccc1)C(=O)NC(CCC(=O)C[S+](C)C)C(=O)O.[Br-]. The zero-order valence-corrected chi connectivity index (χ0v) is 19.0. The molecule has 1 aromatic rings. The molecule has 0 aliphatic heterocycles. The number of hydrogen-bond acceptors (Lipinski definition) is 5. The summed E-state index contributed by atoms with van der Waals surface area (Å²) in [5, 5.41) is 14.0. The van der Waals surface area contributed by atoms with Gasteiger partial charge in [0, 0.05) is 6.42 Å². The van der Waals surface area contributed by atoms with Crippen molar-refractivity contribution in [2.75, 3.05) is 18.3 Å². The van der Waals surface area contributed by atoms with E-state index in [1.165, 1.54) is 6.92 Å². The zero-order valence-electron chi connectivity index (χ0n) is 16.6. The van der Waals surface area contributed by atoms with Gasteiger partial charge in [-0.2, -0.15) is 0 Å². The molecule has 0 aromatic heterocycles. The van der Waals surface area contributed by atoms with Crippen LogP contribution < -0.4 is 27.6 Å². The van der Waals surface area contributed by atoms with E-state index in [-0.39, 0.29) is 53.1 Å². The van der Waals surface area contributed by atoms with Gasteiger partial charge in [-0.1, -0.05) is 30.3 Å². The first-order valence-electron chi connectivity index (χ1n) is 8.75. The molecule has 0 fully saturated rings. The summed E-state index contributed by atoms with van der Waals surface area (Å²) in [7, 11) is -0.0577. The molecule has 3 N–H and O–H groups in total. The van der Waals surface area contributed by atoms with Crippen molar-refractivity contribution in [2.24, 2.45) is 0 Å². The number of halogens is 1. The van der Waals surface area contributed by atoms with Gasteiger partial charge in [0.15, 0.2) is 11.5 Å². The Balaban J connectivity index is 0.00000784. The number of nitrogens with one attached hydrogen (secondary N) is 2. The molecular formula is C19H27BrN2O6S. The van der Waals surface area contributed by atoms with E-state index in [0.29, 0.717) is 5.75 Å². The number of carboxylic acid groups (broad SMARTS) is 1. The van der Waals surface area contributed by atoms with Gasteiger partial charge in [0.05, 0.1) is 12.5 Å². The van der Waals surface area contributed by atoms with Gasteiger partial charge in [0.1, 0.15) is 18.7 Å². The summed E-state index contributed by atoms with van der Waals surface area (Å²) in [4.78, 5) is 47.1. The fourth-order valence-corrected chi connectivity index (χ4v) is 3.05. The van der Waals surface area contributed by atoms with Gasteiger partial charge in [-0.15, -0.1) is 0 Å². The van der Waals surface area contributed by atoms with Crippen LogP contribution in [0.4, 0.5) is 4.79 Å². The number of Topliss-reactive ketones (excluding diaryl/α,β-unsaturated/α-hetero) is 1. The summed E-state index contributed by atoms with van der Waals surface area (Å²) in [5.41, 5.74) is 0.798. The van der Waals surface area contributed by atoms with E-state index < -0.39 is 30.1 Å². The molecule has 10 heteroatoms. The van der Waals surface area contributed by atoms with Crippen LogP contribution in [0.3, 0.4) is 0 Å². The topological polar surface area (TPSA) is 122 Å². The molecule has 0 saturated heterocycles. The van der Waals surface area contributed by atoms with Crippen molar-refractivity contribution in [1.29, 1.82) is 0 Å². The van der Waals surface area contributed by atoms with Gasteiger partial charge in [-0.25, -0.2) is 9.59 Å². The number of alkyl carbamates (subject to hydrolysis) is 1. The zero-order chi connectivity index (χ0) is 21.1. The van der Waals surface area contributed by atoms with Crippen molar-refractivity contribution in [3.8, 4) is 0 Å². The fourth-order valence-electron chi connectivity index (χ4n) is 2.26. The highest BCUT2D eigenvalue weighted by atomic mass is 79.9. The van der Waals surface area contributed by atoms with Gasteiger partial charge in [0.2, 0.25) is 5.91 Å². The number of ketones is 1. The second-order valence-corrected chi connectivity index (χ2v) is 8.79. The summed E-state index contributed by atoms with van der Waals surface area (Å²) in [6.07, 6.45) is 3.15. The van der Waals surface area contributed by atoms with Crippen LogP contribution in [-0.2, 0) is 36.6 Å². The van der Waals surface area contributed by atoms with Gasteiger partial charge < -0.3 is 37.5 Å². The lowest BCUT2D eigenvalue weighted by Gasteiger charge is -2.18. The monoisotopic (exact) mass is 490 g/mol. The minimum absolute atomic E-state index is 0. The molecule has 2 unspecified atom stereocenters. The predicted molar refractivity (Wildman–Crippen MR) is 107 cm³/mol. The highest BCUT2D eigenvalue weighted by molar-refractivity contribution is 7.96. The third-order valence-electron chi connectivity index (χ3n) is 3.72. The maximum atomic E-state index is 12.2. The predicted octanol–water partition coefficient (Wildman–Crippen LogP) is -1.90. The van der Waals surface area contributed by atoms with Crippen LogP contribution in [0, 0.1) is 0 Å². The summed E-state index contributed by atoms with van der Waals surface area (Å²) >= 11 is 0. The van der Waals surface area contributed by atoms with Crippen LogP contribution in [0.25, 0.3) is 0 Å². The second kappa shape index (κ2) is 14.0. The van der Waals surface area contributed by atoms with Gasteiger partial charge in [-0.3, -0.25) is 9.59 Å². The molecule has 0 aliphatic carbocycles. The lowest BCUT2D eigenvalue weighted by atomic mass is 10.1. The molecule has 0 radical (unpaired) electrons. The van der Waals surface area contributed by atoms with Gasteiger partial charge in [-0.05, 0) is 29.8 Å². The highest BCUT2D eigenvalue weighted by Gasteiger charge is 2.25. The number of benzene rings is 1. The van der Waals surface area contributed by atoms with E-state index in [1.54, 1.807) is 12.1 Å². The van der Waals surface area contributed by atoms with Crippen LogP contribution in [-0.4, -0.2) is 59.2 Å². The number of carboxylic acids is 1. The molecule has 29 heavy (non-hydrogen) atoms.